The summed E-state index contributed by atoms with van der Waals surface area (Å²) in [4.78, 5) is 15.5. The summed E-state index contributed by atoms with van der Waals surface area (Å²) in [6, 6.07) is 11.3. The summed E-state index contributed by atoms with van der Waals surface area (Å²) < 4.78 is 4.61. The number of aliphatic imine (C=N–C) groups is 1. The average Bonchev–Trinajstić information content (AvgIpc) is 2.48. The van der Waals surface area contributed by atoms with Crippen LogP contribution in [0.25, 0.3) is 0 Å². The molecule has 20 heavy (non-hydrogen) atoms. The lowest BCUT2D eigenvalue weighted by atomic mass is 10.2. The second-order valence-electron chi connectivity index (χ2n) is 4.00. The highest BCUT2D eigenvalue weighted by Crippen LogP contribution is 2.21. The zero-order valence-corrected chi connectivity index (χ0v) is 11.5. The van der Waals surface area contributed by atoms with Gasteiger partial charge in [0.15, 0.2) is 0 Å². The summed E-state index contributed by atoms with van der Waals surface area (Å²) in [5, 5.41) is 10.2. The molecule has 0 aliphatic carbocycles. The molecule has 0 spiro atoms. The largest absolute Gasteiger partial charge is 0.507 e. The van der Waals surface area contributed by atoms with E-state index in [1.165, 1.54) is 19.4 Å². The van der Waals surface area contributed by atoms with Crippen LogP contribution in [0.2, 0.25) is 5.02 Å². The molecular formula is C15H12ClNO3. The molecule has 2 aromatic carbocycles. The van der Waals surface area contributed by atoms with Crippen LogP contribution in [-0.4, -0.2) is 24.4 Å². The number of hydrogen-bond donors (Lipinski definition) is 1. The average molecular weight is 290 g/mol. The van der Waals surface area contributed by atoms with Crippen molar-refractivity contribution in [1.82, 2.24) is 0 Å². The fourth-order valence-electron chi connectivity index (χ4n) is 1.57. The van der Waals surface area contributed by atoms with E-state index >= 15 is 0 Å². The van der Waals surface area contributed by atoms with Crippen LogP contribution in [0.4, 0.5) is 5.69 Å². The predicted molar refractivity (Wildman–Crippen MR) is 78.2 cm³/mol. The lowest BCUT2D eigenvalue weighted by Crippen LogP contribution is -1.99. The highest BCUT2D eigenvalue weighted by Gasteiger charge is 2.04. The van der Waals surface area contributed by atoms with Gasteiger partial charge in [0, 0.05) is 16.8 Å². The first-order valence-corrected chi connectivity index (χ1v) is 6.19. The third-order valence-electron chi connectivity index (χ3n) is 2.63. The van der Waals surface area contributed by atoms with Crippen molar-refractivity contribution in [3.05, 3.63) is 58.6 Å². The van der Waals surface area contributed by atoms with Gasteiger partial charge in [-0.3, -0.25) is 4.99 Å². The van der Waals surface area contributed by atoms with Crippen LogP contribution in [0.15, 0.2) is 47.5 Å². The van der Waals surface area contributed by atoms with Gasteiger partial charge in [-0.2, -0.15) is 0 Å². The van der Waals surface area contributed by atoms with Crippen molar-refractivity contribution >= 4 is 29.5 Å². The molecule has 1 N–H and O–H groups in total. The van der Waals surface area contributed by atoms with E-state index in [0.717, 1.165) is 0 Å². The fourth-order valence-corrected chi connectivity index (χ4v) is 1.75. The minimum Gasteiger partial charge on any atom is -0.507 e. The normalized spacial score (nSPS) is 10.7. The zero-order chi connectivity index (χ0) is 14.5. The molecule has 0 aromatic heterocycles. The van der Waals surface area contributed by atoms with Gasteiger partial charge in [0.25, 0.3) is 0 Å². The van der Waals surface area contributed by atoms with E-state index in [1.54, 1.807) is 36.4 Å². The Labute approximate surface area is 121 Å². The van der Waals surface area contributed by atoms with Gasteiger partial charge in [-0.15, -0.1) is 0 Å². The number of hydrogen-bond acceptors (Lipinski definition) is 4. The van der Waals surface area contributed by atoms with Gasteiger partial charge in [0.05, 0.1) is 18.4 Å². The first kappa shape index (κ1) is 14.1. The Balaban J connectivity index is 2.19. The summed E-state index contributed by atoms with van der Waals surface area (Å²) in [7, 11) is 1.33. The molecule has 2 aromatic rings. The van der Waals surface area contributed by atoms with Crippen molar-refractivity contribution in [2.24, 2.45) is 4.99 Å². The van der Waals surface area contributed by atoms with Crippen LogP contribution >= 0.6 is 11.6 Å². The summed E-state index contributed by atoms with van der Waals surface area (Å²) in [6.45, 7) is 0. The topological polar surface area (TPSA) is 58.9 Å². The molecular weight excluding hydrogens is 278 g/mol. The monoisotopic (exact) mass is 289 g/mol. The van der Waals surface area contributed by atoms with Crippen molar-refractivity contribution in [2.75, 3.05) is 7.11 Å². The second kappa shape index (κ2) is 6.21. The van der Waals surface area contributed by atoms with Gasteiger partial charge in [-0.25, -0.2) is 4.79 Å². The Hall–Kier alpha value is -2.33. The number of ether oxygens (including phenoxy) is 1. The van der Waals surface area contributed by atoms with Gasteiger partial charge in [-0.05, 0) is 42.5 Å². The highest BCUT2D eigenvalue weighted by molar-refractivity contribution is 6.30. The molecule has 0 aliphatic heterocycles. The Kier molecular flexibility index (Phi) is 4.38. The van der Waals surface area contributed by atoms with E-state index in [9.17, 15) is 9.90 Å². The molecule has 0 atom stereocenters. The van der Waals surface area contributed by atoms with Gasteiger partial charge in [0.2, 0.25) is 0 Å². The molecule has 0 fully saturated rings. The number of phenols is 1. The van der Waals surface area contributed by atoms with Crippen LogP contribution in [0.1, 0.15) is 15.9 Å². The molecule has 102 valence electrons. The number of halogens is 1. The Morgan fingerprint density at radius 1 is 1.25 bits per heavy atom. The molecule has 0 heterocycles. The number of rotatable bonds is 3. The molecule has 5 heteroatoms. The van der Waals surface area contributed by atoms with Crippen LogP contribution in [-0.2, 0) is 4.74 Å². The smallest absolute Gasteiger partial charge is 0.337 e. The van der Waals surface area contributed by atoms with E-state index in [0.29, 0.717) is 21.8 Å². The van der Waals surface area contributed by atoms with Crippen molar-refractivity contribution in [2.45, 2.75) is 0 Å². The molecule has 0 aliphatic rings. The highest BCUT2D eigenvalue weighted by atomic mass is 35.5. The SMILES string of the molecule is COC(=O)c1ccc(N=Cc2cc(Cl)ccc2O)cc1. The van der Waals surface area contributed by atoms with Crippen LogP contribution in [0.3, 0.4) is 0 Å². The van der Waals surface area contributed by atoms with E-state index in [-0.39, 0.29) is 5.75 Å². The first-order valence-electron chi connectivity index (χ1n) is 5.81. The molecule has 0 bridgehead atoms. The Bertz CT molecular complexity index is 651. The van der Waals surface area contributed by atoms with Gasteiger partial charge in [0.1, 0.15) is 5.75 Å². The summed E-state index contributed by atoms with van der Waals surface area (Å²) in [5.41, 5.74) is 1.63. The van der Waals surface area contributed by atoms with Crippen LogP contribution in [0, 0.1) is 0 Å². The van der Waals surface area contributed by atoms with E-state index in [1.807, 2.05) is 0 Å². The number of esters is 1. The van der Waals surface area contributed by atoms with Crippen LogP contribution in [0.5, 0.6) is 5.75 Å². The third-order valence-corrected chi connectivity index (χ3v) is 2.87. The van der Waals surface area contributed by atoms with Crippen molar-refractivity contribution in [1.29, 1.82) is 0 Å². The summed E-state index contributed by atoms with van der Waals surface area (Å²) in [6.07, 6.45) is 1.51. The maximum atomic E-state index is 11.3. The molecule has 4 nitrogen and oxygen atoms in total. The second-order valence-corrected chi connectivity index (χ2v) is 4.44. The van der Waals surface area contributed by atoms with E-state index in [4.69, 9.17) is 11.6 Å². The van der Waals surface area contributed by atoms with Gasteiger partial charge >= 0.3 is 5.97 Å². The number of phenolic OH excluding ortho intramolecular Hbond substituents is 1. The standard InChI is InChI=1S/C15H12ClNO3/c1-20-15(19)10-2-5-13(6-3-10)17-9-11-8-12(16)4-7-14(11)18/h2-9,18H,1H3. The van der Waals surface area contributed by atoms with Gasteiger partial charge in [-0.1, -0.05) is 11.6 Å². The van der Waals surface area contributed by atoms with Crippen molar-refractivity contribution in [3.8, 4) is 5.75 Å². The fraction of sp³-hybridized carbons (Fsp3) is 0.0667. The first-order chi connectivity index (χ1) is 9.60. The minimum absolute atomic E-state index is 0.101. The molecule has 0 saturated heterocycles. The maximum Gasteiger partial charge on any atom is 0.337 e. The number of aromatic hydroxyl groups is 1. The number of carbonyl (C=O) groups excluding carboxylic acids is 1. The summed E-state index contributed by atoms with van der Waals surface area (Å²) in [5.74, 6) is -0.294. The number of nitrogens with zero attached hydrogens (tertiary/aromatic N) is 1. The lowest BCUT2D eigenvalue weighted by molar-refractivity contribution is 0.0601. The zero-order valence-electron chi connectivity index (χ0n) is 10.7. The Morgan fingerprint density at radius 2 is 1.95 bits per heavy atom. The molecule has 2 rings (SSSR count). The third kappa shape index (κ3) is 3.36. The molecule has 0 saturated carbocycles. The van der Waals surface area contributed by atoms with E-state index in [2.05, 4.69) is 9.73 Å². The predicted octanol–water partition coefficient (Wildman–Crippen LogP) is 3.58. The molecule has 0 unspecified atom stereocenters. The minimum atomic E-state index is -0.395. The lowest BCUT2D eigenvalue weighted by Gasteiger charge is -2.00. The van der Waals surface area contributed by atoms with Crippen LogP contribution < -0.4 is 0 Å². The Morgan fingerprint density at radius 3 is 2.60 bits per heavy atom. The summed E-state index contributed by atoms with van der Waals surface area (Å²) >= 11 is 5.85. The van der Waals surface area contributed by atoms with Crippen molar-refractivity contribution < 1.29 is 14.6 Å². The maximum absolute atomic E-state index is 11.3. The number of carbonyl (C=O) groups is 1. The van der Waals surface area contributed by atoms with E-state index < -0.39 is 5.97 Å². The molecule has 0 amide bonds. The van der Waals surface area contributed by atoms with Crippen molar-refractivity contribution in [3.63, 3.8) is 0 Å². The number of benzene rings is 2. The quantitative estimate of drug-likeness (QED) is 0.694. The number of methoxy groups -OCH3 is 1. The van der Waals surface area contributed by atoms with Gasteiger partial charge < -0.3 is 9.84 Å². The molecule has 0 radical (unpaired) electrons.